The van der Waals surface area contributed by atoms with Gasteiger partial charge in [0.25, 0.3) is 17.2 Å². The summed E-state index contributed by atoms with van der Waals surface area (Å²) in [6.07, 6.45) is 0. The Morgan fingerprint density at radius 1 is 1.09 bits per heavy atom. The van der Waals surface area contributed by atoms with E-state index in [1.54, 1.807) is 37.3 Å². The van der Waals surface area contributed by atoms with Crippen molar-refractivity contribution >= 4 is 40.0 Å². The predicted octanol–water partition coefficient (Wildman–Crippen LogP) is 4.23. The summed E-state index contributed by atoms with van der Waals surface area (Å²) in [5, 5.41) is 15.8. The minimum absolute atomic E-state index is 0.0202. The molecule has 1 N–H and O–H groups in total. The van der Waals surface area contributed by atoms with Crippen LogP contribution in [0.5, 0.6) is 0 Å². The lowest BCUT2D eigenvalue weighted by Gasteiger charge is -2.13. The Morgan fingerprint density at radius 3 is 2.46 bits per heavy atom. The molecule has 0 fully saturated rings. The van der Waals surface area contributed by atoms with Crippen molar-refractivity contribution in [3.8, 4) is 5.69 Å². The van der Waals surface area contributed by atoms with Crippen molar-refractivity contribution in [2.24, 2.45) is 5.10 Å². The van der Waals surface area contributed by atoms with Crippen LogP contribution in [0.3, 0.4) is 0 Å². The molecule has 0 aliphatic rings. The number of thioether (sulfide) groups is 1. The first-order valence-electron chi connectivity index (χ1n) is 10.6. The molecule has 4 aromatic rings. The normalized spacial score (nSPS) is 11.4. The summed E-state index contributed by atoms with van der Waals surface area (Å²) in [6.45, 7) is 3.65. The summed E-state index contributed by atoms with van der Waals surface area (Å²) in [5.74, 6) is -0.401. The van der Waals surface area contributed by atoms with Gasteiger partial charge in [0.1, 0.15) is 0 Å². The first kappa shape index (κ1) is 23.8. The molecule has 176 valence electrons. The van der Waals surface area contributed by atoms with Crippen LogP contribution >= 0.6 is 11.8 Å². The average molecular weight is 488 g/mol. The number of hydrogen-bond donors (Lipinski definition) is 1. The molecule has 4 rings (SSSR count). The maximum absolute atomic E-state index is 13.3. The highest BCUT2D eigenvalue weighted by Gasteiger charge is 2.15. The average Bonchev–Trinajstić information content (AvgIpc) is 2.87. The molecule has 0 unspecified atom stereocenters. The number of rotatable bonds is 7. The van der Waals surface area contributed by atoms with Gasteiger partial charge in [-0.1, -0.05) is 41.6 Å². The van der Waals surface area contributed by atoms with E-state index in [0.29, 0.717) is 33.0 Å². The fourth-order valence-corrected chi connectivity index (χ4v) is 4.13. The van der Waals surface area contributed by atoms with Crippen molar-refractivity contribution in [3.63, 3.8) is 0 Å². The van der Waals surface area contributed by atoms with Crippen molar-refractivity contribution in [1.29, 1.82) is 0 Å². The quantitative estimate of drug-likeness (QED) is 0.137. The molecule has 1 aromatic heterocycles. The number of nitrogens with zero attached hydrogens (tertiary/aromatic N) is 4. The van der Waals surface area contributed by atoms with Gasteiger partial charge in [-0.05, 0) is 55.8 Å². The van der Waals surface area contributed by atoms with Crippen molar-refractivity contribution in [2.75, 3.05) is 5.75 Å². The van der Waals surface area contributed by atoms with E-state index in [2.05, 4.69) is 15.5 Å². The lowest BCUT2D eigenvalue weighted by Crippen LogP contribution is -2.24. The smallest absolute Gasteiger partial charge is 0.269 e. The first-order valence-corrected chi connectivity index (χ1v) is 11.6. The first-order chi connectivity index (χ1) is 16.8. The van der Waals surface area contributed by atoms with Crippen molar-refractivity contribution in [2.45, 2.75) is 19.0 Å². The number of nitro benzene ring substituents is 1. The van der Waals surface area contributed by atoms with Crippen LogP contribution in [0.25, 0.3) is 16.6 Å². The summed E-state index contributed by atoms with van der Waals surface area (Å²) in [5.41, 5.74) is 5.67. The third-order valence-corrected chi connectivity index (χ3v) is 6.15. The lowest BCUT2D eigenvalue weighted by molar-refractivity contribution is -0.384. The molecule has 1 amide bonds. The Hall–Kier alpha value is -4.31. The zero-order chi connectivity index (χ0) is 24.9. The van der Waals surface area contributed by atoms with Gasteiger partial charge in [0.15, 0.2) is 5.16 Å². The summed E-state index contributed by atoms with van der Waals surface area (Å²) >= 11 is 1.13. The molecule has 3 aromatic carbocycles. The van der Waals surface area contributed by atoms with E-state index < -0.39 is 4.92 Å². The highest BCUT2D eigenvalue weighted by molar-refractivity contribution is 7.99. The summed E-state index contributed by atoms with van der Waals surface area (Å²) < 4.78 is 1.51. The monoisotopic (exact) mass is 487 g/mol. The van der Waals surface area contributed by atoms with Crippen LogP contribution < -0.4 is 11.0 Å². The Labute approximate surface area is 204 Å². The number of aryl methyl sites for hydroxylation is 1. The Morgan fingerprint density at radius 2 is 1.77 bits per heavy atom. The molecule has 0 spiro atoms. The van der Waals surface area contributed by atoms with Crippen LogP contribution in [-0.4, -0.2) is 31.8 Å². The van der Waals surface area contributed by atoms with Crippen LogP contribution in [0, 0.1) is 17.0 Å². The van der Waals surface area contributed by atoms with Gasteiger partial charge in [-0.2, -0.15) is 5.10 Å². The van der Waals surface area contributed by atoms with E-state index in [9.17, 15) is 19.7 Å². The van der Waals surface area contributed by atoms with Crippen molar-refractivity contribution in [1.82, 2.24) is 15.0 Å². The SMILES string of the molecule is C/C(=N\NC(=O)CSc1nc2ccccc2c(=O)n1-c1ccc(C)cc1)c1ccc([N+](=O)[O-])cc1. The minimum Gasteiger partial charge on any atom is -0.272 e. The van der Waals surface area contributed by atoms with Crippen LogP contribution in [0.1, 0.15) is 18.1 Å². The lowest BCUT2D eigenvalue weighted by atomic mass is 10.1. The second-order valence-corrected chi connectivity index (χ2v) is 8.65. The Bertz CT molecular complexity index is 1500. The van der Waals surface area contributed by atoms with E-state index in [-0.39, 0.29) is 22.9 Å². The molecule has 0 aliphatic carbocycles. The van der Waals surface area contributed by atoms with Crippen LogP contribution in [0.4, 0.5) is 5.69 Å². The fourth-order valence-electron chi connectivity index (χ4n) is 3.33. The van der Waals surface area contributed by atoms with Gasteiger partial charge in [-0.15, -0.1) is 0 Å². The number of fused-ring (bicyclic) bond motifs is 1. The van der Waals surface area contributed by atoms with E-state index in [4.69, 9.17) is 0 Å². The summed E-state index contributed by atoms with van der Waals surface area (Å²) in [6, 6.07) is 20.5. The molecule has 0 saturated carbocycles. The molecule has 10 heteroatoms. The highest BCUT2D eigenvalue weighted by atomic mass is 32.2. The third-order valence-electron chi connectivity index (χ3n) is 5.21. The maximum atomic E-state index is 13.3. The van der Waals surface area contributed by atoms with E-state index in [0.717, 1.165) is 17.3 Å². The van der Waals surface area contributed by atoms with Gasteiger partial charge in [0.05, 0.1) is 33.0 Å². The highest BCUT2D eigenvalue weighted by Crippen LogP contribution is 2.21. The third kappa shape index (κ3) is 5.44. The molecule has 0 atom stereocenters. The van der Waals surface area contributed by atoms with Crippen LogP contribution in [0.2, 0.25) is 0 Å². The number of non-ortho nitro benzene ring substituents is 1. The van der Waals surface area contributed by atoms with Crippen LogP contribution in [-0.2, 0) is 4.79 Å². The molecule has 0 radical (unpaired) electrons. The maximum Gasteiger partial charge on any atom is 0.269 e. The van der Waals surface area contributed by atoms with Gasteiger partial charge < -0.3 is 0 Å². The Kier molecular flexibility index (Phi) is 7.02. The largest absolute Gasteiger partial charge is 0.272 e. The van der Waals surface area contributed by atoms with Crippen LogP contribution in [0.15, 0.2) is 87.8 Å². The fraction of sp³-hybridized carbons (Fsp3) is 0.120. The molecular weight excluding hydrogens is 466 g/mol. The molecule has 0 saturated heterocycles. The number of hydrazone groups is 1. The van der Waals surface area contributed by atoms with E-state index in [1.807, 2.05) is 37.3 Å². The number of hydrogen-bond acceptors (Lipinski definition) is 7. The summed E-state index contributed by atoms with van der Waals surface area (Å²) in [7, 11) is 0. The number of nitro groups is 1. The number of para-hydroxylation sites is 1. The van der Waals surface area contributed by atoms with Gasteiger partial charge in [0, 0.05) is 12.1 Å². The number of carbonyl (C=O) groups excluding carboxylic acids is 1. The molecule has 9 nitrogen and oxygen atoms in total. The van der Waals surface area contributed by atoms with Gasteiger partial charge in [-0.25, -0.2) is 10.4 Å². The van der Waals surface area contributed by atoms with Gasteiger partial charge in [0.2, 0.25) is 0 Å². The number of benzene rings is 3. The molecule has 35 heavy (non-hydrogen) atoms. The molecule has 0 aliphatic heterocycles. The number of aromatic nitrogens is 2. The standard InChI is InChI=1S/C25H21N5O4S/c1-16-7-11-19(12-8-16)29-24(32)21-5-3-4-6-22(21)26-25(29)35-15-23(31)28-27-17(2)18-9-13-20(14-10-18)30(33)34/h3-14H,15H2,1-2H3,(H,28,31)/b27-17+. The van der Waals surface area contributed by atoms with E-state index >= 15 is 0 Å². The van der Waals surface area contributed by atoms with E-state index in [1.165, 1.54) is 16.7 Å². The molecule has 1 heterocycles. The number of amides is 1. The number of nitrogens with one attached hydrogen (secondary N) is 1. The van der Waals surface area contributed by atoms with Crippen molar-refractivity contribution < 1.29 is 9.72 Å². The second kappa shape index (κ2) is 10.3. The zero-order valence-electron chi connectivity index (χ0n) is 19.0. The predicted molar refractivity (Wildman–Crippen MR) is 136 cm³/mol. The Balaban J connectivity index is 1.54. The minimum atomic E-state index is -0.480. The number of carbonyl (C=O) groups is 1. The molecular formula is C25H21N5O4S. The zero-order valence-corrected chi connectivity index (χ0v) is 19.8. The van der Waals surface area contributed by atoms with Gasteiger partial charge in [-0.3, -0.25) is 24.3 Å². The topological polar surface area (TPSA) is 119 Å². The molecule has 0 bridgehead atoms. The summed E-state index contributed by atoms with van der Waals surface area (Å²) in [4.78, 5) is 40.7. The van der Waals surface area contributed by atoms with Crippen molar-refractivity contribution in [3.05, 3.63) is 104 Å². The van der Waals surface area contributed by atoms with Gasteiger partial charge >= 0.3 is 0 Å². The second-order valence-electron chi connectivity index (χ2n) is 7.71.